The quantitative estimate of drug-likeness (QED) is 0.791. The zero-order valence-corrected chi connectivity index (χ0v) is 12.4. The van der Waals surface area contributed by atoms with Gasteiger partial charge in [-0.3, -0.25) is 0 Å². The molecule has 0 aromatic rings. The zero-order chi connectivity index (χ0) is 12.9. The van der Waals surface area contributed by atoms with Crippen LogP contribution in [0.1, 0.15) is 66.2 Å². The van der Waals surface area contributed by atoms with Crippen molar-refractivity contribution in [2.75, 3.05) is 13.6 Å². The molecule has 2 heteroatoms. The molecular formula is C15H31NO. The van der Waals surface area contributed by atoms with Gasteiger partial charge in [0.25, 0.3) is 0 Å². The van der Waals surface area contributed by atoms with Crippen molar-refractivity contribution in [3.05, 3.63) is 0 Å². The van der Waals surface area contributed by atoms with E-state index in [0.717, 1.165) is 12.5 Å². The fraction of sp³-hybridized carbons (Fsp3) is 1.00. The number of rotatable bonds is 5. The first-order chi connectivity index (χ1) is 7.91. The summed E-state index contributed by atoms with van der Waals surface area (Å²) in [5.41, 5.74) is 0.0473. The van der Waals surface area contributed by atoms with Crippen LogP contribution in [0.4, 0.5) is 0 Å². The third-order valence-corrected chi connectivity index (χ3v) is 3.73. The molecule has 0 heterocycles. The molecule has 0 saturated heterocycles. The van der Waals surface area contributed by atoms with Gasteiger partial charge in [-0.1, -0.05) is 19.8 Å². The van der Waals surface area contributed by atoms with Gasteiger partial charge >= 0.3 is 0 Å². The lowest BCUT2D eigenvalue weighted by Gasteiger charge is -2.44. The van der Waals surface area contributed by atoms with Crippen LogP contribution in [0.15, 0.2) is 0 Å². The van der Waals surface area contributed by atoms with Crippen LogP contribution in [0.25, 0.3) is 0 Å². The smallest absolute Gasteiger partial charge is 0.0813 e. The molecule has 1 fully saturated rings. The summed E-state index contributed by atoms with van der Waals surface area (Å²) in [6.45, 7) is 9.79. The largest absolute Gasteiger partial charge is 0.368 e. The molecule has 0 spiro atoms. The lowest BCUT2D eigenvalue weighted by atomic mass is 9.76. The maximum atomic E-state index is 6.37. The number of likely N-dealkylation sites (N-methyl/N-ethyl adjacent to an activating group) is 1. The number of hydrogen-bond acceptors (Lipinski definition) is 2. The Morgan fingerprint density at radius 3 is 2.24 bits per heavy atom. The molecule has 2 nitrogen and oxygen atoms in total. The van der Waals surface area contributed by atoms with Crippen molar-refractivity contribution in [2.24, 2.45) is 5.92 Å². The molecule has 0 aliphatic heterocycles. The van der Waals surface area contributed by atoms with Gasteiger partial charge in [-0.25, -0.2) is 0 Å². The summed E-state index contributed by atoms with van der Waals surface area (Å²) in [7, 11) is 2.03. The minimum absolute atomic E-state index is 0.0333. The molecule has 0 unspecified atom stereocenters. The van der Waals surface area contributed by atoms with Crippen molar-refractivity contribution in [3.8, 4) is 0 Å². The molecule has 0 bridgehead atoms. The zero-order valence-electron chi connectivity index (χ0n) is 12.4. The Morgan fingerprint density at radius 2 is 1.82 bits per heavy atom. The SMILES string of the molecule is CCCC1CCC(CNC)(OC(C)(C)C)CC1. The van der Waals surface area contributed by atoms with Crippen molar-refractivity contribution in [1.29, 1.82) is 0 Å². The first-order valence-corrected chi connectivity index (χ1v) is 7.25. The summed E-state index contributed by atoms with van der Waals surface area (Å²) in [4.78, 5) is 0. The Kier molecular flexibility index (Phi) is 5.46. The fourth-order valence-corrected chi connectivity index (χ4v) is 3.19. The van der Waals surface area contributed by atoms with Crippen molar-refractivity contribution >= 4 is 0 Å². The normalized spacial score (nSPS) is 30.5. The van der Waals surface area contributed by atoms with E-state index in [9.17, 15) is 0 Å². The standard InChI is InChI=1S/C15H31NO/c1-6-7-13-8-10-15(11-9-13,12-16-5)17-14(2,3)4/h13,16H,6-12H2,1-5H3. The summed E-state index contributed by atoms with van der Waals surface area (Å²) in [6.07, 6.45) is 7.83. The van der Waals surface area contributed by atoms with Gasteiger partial charge in [0, 0.05) is 6.54 Å². The molecule has 0 atom stereocenters. The molecule has 0 aromatic heterocycles. The lowest BCUT2D eigenvalue weighted by Crippen LogP contribution is -2.49. The van der Waals surface area contributed by atoms with E-state index < -0.39 is 0 Å². The van der Waals surface area contributed by atoms with Gasteiger partial charge in [-0.2, -0.15) is 0 Å². The van der Waals surface area contributed by atoms with E-state index in [1.807, 2.05) is 7.05 Å². The molecule has 0 amide bonds. The van der Waals surface area contributed by atoms with Gasteiger partial charge in [0.2, 0.25) is 0 Å². The second kappa shape index (κ2) is 6.19. The van der Waals surface area contributed by atoms with E-state index in [-0.39, 0.29) is 11.2 Å². The average molecular weight is 241 g/mol. The van der Waals surface area contributed by atoms with E-state index in [1.54, 1.807) is 0 Å². The third kappa shape index (κ3) is 4.97. The summed E-state index contributed by atoms with van der Waals surface area (Å²) < 4.78 is 6.37. The van der Waals surface area contributed by atoms with Crippen molar-refractivity contribution in [3.63, 3.8) is 0 Å². The third-order valence-electron chi connectivity index (χ3n) is 3.73. The Balaban J connectivity index is 2.57. The highest BCUT2D eigenvalue weighted by atomic mass is 16.5. The summed E-state index contributed by atoms with van der Waals surface area (Å²) in [5, 5.41) is 3.32. The topological polar surface area (TPSA) is 21.3 Å². The van der Waals surface area contributed by atoms with Gasteiger partial charge in [0.15, 0.2) is 0 Å². The minimum atomic E-state index is -0.0333. The monoisotopic (exact) mass is 241 g/mol. The maximum Gasteiger partial charge on any atom is 0.0813 e. The Hall–Kier alpha value is -0.0800. The molecule has 0 aromatic carbocycles. The van der Waals surface area contributed by atoms with Crippen molar-refractivity contribution < 1.29 is 4.74 Å². The van der Waals surface area contributed by atoms with Crippen LogP contribution < -0.4 is 5.32 Å². The minimum Gasteiger partial charge on any atom is -0.368 e. The van der Waals surface area contributed by atoms with Crippen LogP contribution in [0.3, 0.4) is 0 Å². The van der Waals surface area contributed by atoms with E-state index in [2.05, 4.69) is 33.0 Å². The molecule has 1 N–H and O–H groups in total. The van der Waals surface area contributed by atoms with Crippen molar-refractivity contribution in [2.45, 2.75) is 77.4 Å². The van der Waals surface area contributed by atoms with E-state index >= 15 is 0 Å². The predicted molar refractivity (Wildman–Crippen MR) is 74.4 cm³/mol. The molecule has 0 radical (unpaired) electrons. The van der Waals surface area contributed by atoms with Crippen molar-refractivity contribution in [1.82, 2.24) is 5.32 Å². The van der Waals surface area contributed by atoms with Gasteiger partial charge in [0.1, 0.15) is 0 Å². The molecular weight excluding hydrogens is 210 g/mol. The molecule has 1 saturated carbocycles. The van der Waals surface area contributed by atoms with Crippen LogP contribution in [-0.2, 0) is 4.74 Å². The van der Waals surface area contributed by atoms with Gasteiger partial charge in [-0.05, 0) is 59.4 Å². The van der Waals surface area contributed by atoms with Gasteiger partial charge in [0.05, 0.1) is 11.2 Å². The fourth-order valence-electron chi connectivity index (χ4n) is 3.19. The number of hydrogen-bond donors (Lipinski definition) is 1. The van der Waals surface area contributed by atoms with Crippen LogP contribution in [0.2, 0.25) is 0 Å². The molecule has 17 heavy (non-hydrogen) atoms. The van der Waals surface area contributed by atoms with E-state index in [0.29, 0.717) is 0 Å². The summed E-state index contributed by atoms with van der Waals surface area (Å²) in [6, 6.07) is 0. The first kappa shape index (κ1) is 15.0. The number of ether oxygens (including phenoxy) is 1. The molecule has 1 rings (SSSR count). The number of nitrogens with one attached hydrogen (secondary N) is 1. The van der Waals surface area contributed by atoms with Gasteiger partial charge < -0.3 is 10.1 Å². The maximum absolute atomic E-state index is 6.37. The first-order valence-electron chi connectivity index (χ1n) is 7.25. The highest BCUT2D eigenvalue weighted by Gasteiger charge is 2.38. The second-order valence-electron chi connectivity index (χ2n) is 6.66. The lowest BCUT2D eigenvalue weighted by molar-refractivity contribution is -0.150. The highest BCUT2D eigenvalue weighted by molar-refractivity contribution is 4.90. The summed E-state index contributed by atoms with van der Waals surface area (Å²) in [5.74, 6) is 0.938. The Morgan fingerprint density at radius 1 is 1.24 bits per heavy atom. The summed E-state index contributed by atoms with van der Waals surface area (Å²) >= 11 is 0. The molecule has 102 valence electrons. The van der Waals surface area contributed by atoms with Crippen LogP contribution in [-0.4, -0.2) is 24.8 Å². The Labute approximate surface area is 108 Å². The van der Waals surface area contributed by atoms with Crippen LogP contribution in [0.5, 0.6) is 0 Å². The van der Waals surface area contributed by atoms with E-state index in [1.165, 1.54) is 38.5 Å². The molecule has 1 aliphatic carbocycles. The molecule has 1 aliphatic rings. The van der Waals surface area contributed by atoms with Crippen LogP contribution >= 0.6 is 0 Å². The predicted octanol–water partition coefficient (Wildman–Crippen LogP) is 3.75. The van der Waals surface area contributed by atoms with Gasteiger partial charge in [-0.15, -0.1) is 0 Å². The van der Waals surface area contributed by atoms with E-state index in [4.69, 9.17) is 4.74 Å². The average Bonchev–Trinajstić information content (AvgIpc) is 2.20. The second-order valence-corrected chi connectivity index (χ2v) is 6.66. The Bertz CT molecular complexity index is 211. The van der Waals surface area contributed by atoms with Crippen LogP contribution in [0, 0.1) is 5.92 Å². The highest BCUT2D eigenvalue weighted by Crippen LogP contribution is 2.38.